The molecule has 2 aromatic rings. The van der Waals surface area contributed by atoms with E-state index in [1.54, 1.807) is 12.1 Å². The van der Waals surface area contributed by atoms with Crippen molar-refractivity contribution in [2.45, 2.75) is 6.42 Å². The van der Waals surface area contributed by atoms with Gasteiger partial charge in [0.05, 0.1) is 11.6 Å². The number of benzene rings is 1. The van der Waals surface area contributed by atoms with E-state index in [9.17, 15) is 0 Å². The van der Waals surface area contributed by atoms with Gasteiger partial charge in [-0.15, -0.1) is 0 Å². The summed E-state index contributed by atoms with van der Waals surface area (Å²) in [6.07, 6.45) is 0.924. The van der Waals surface area contributed by atoms with Crippen molar-refractivity contribution in [1.29, 1.82) is 5.26 Å². The fraction of sp³-hybridized carbons (Fsp3) is 0.200. The van der Waals surface area contributed by atoms with Gasteiger partial charge >= 0.3 is 0 Å². The molecule has 4 heteroatoms. The molecular weight excluding hydrogens is 258 g/mol. The third kappa shape index (κ3) is 3.70. The lowest BCUT2D eigenvalue weighted by Gasteiger charge is -2.18. The van der Waals surface area contributed by atoms with Crippen LogP contribution >= 0.6 is 11.6 Å². The minimum absolute atomic E-state index is 0.348. The van der Waals surface area contributed by atoms with Crippen molar-refractivity contribution in [1.82, 2.24) is 4.98 Å². The van der Waals surface area contributed by atoms with Crippen LogP contribution in [0.2, 0.25) is 5.15 Å². The number of anilines is 1. The number of rotatable bonds is 4. The Morgan fingerprint density at radius 1 is 1.26 bits per heavy atom. The van der Waals surface area contributed by atoms with Gasteiger partial charge in [-0.05, 0) is 24.1 Å². The van der Waals surface area contributed by atoms with Gasteiger partial charge in [-0.3, -0.25) is 0 Å². The van der Waals surface area contributed by atoms with Crippen LogP contribution in [0.3, 0.4) is 0 Å². The summed E-state index contributed by atoms with van der Waals surface area (Å²) in [7, 11) is 1.95. The Morgan fingerprint density at radius 2 is 2.00 bits per heavy atom. The van der Waals surface area contributed by atoms with Gasteiger partial charge in [0, 0.05) is 13.6 Å². The van der Waals surface area contributed by atoms with E-state index in [1.165, 1.54) is 5.56 Å². The minimum Gasteiger partial charge on any atom is -0.359 e. The Morgan fingerprint density at radius 3 is 2.68 bits per heavy atom. The molecule has 0 saturated carbocycles. The number of aromatic nitrogens is 1. The van der Waals surface area contributed by atoms with E-state index in [4.69, 9.17) is 16.9 Å². The van der Waals surface area contributed by atoms with Gasteiger partial charge in [-0.2, -0.15) is 5.26 Å². The summed E-state index contributed by atoms with van der Waals surface area (Å²) in [5, 5.41) is 9.27. The van der Waals surface area contributed by atoms with E-state index >= 15 is 0 Å². The summed E-state index contributed by atoms with van der Waals surface area (Å²) in [6, 6.07) is 15.7. The highest BCUT2D eigenvalue weighted by Gasteiger charge is 2.06. The monoisotopic (exact) mass is 271 g/mol. The van der Waals surface area contributed by atoms with Crippen molar-refractivity contribution < 1.29 is 0 Å². The lowest BCUT2D eigenvalue weighted by Crippen LogP contribution is -2.21. The summed E-state index contributed by atoms with van der Waals surface area (Å²) in [6.45, 7) is 0.822. The van der Waals surface area contributed by atoms with Crippen LogP contribution in [0.15, 0.2) is 42.5 Å². The number of hydrogen-bond acceptors (Lipinski definition) is 3. The summed E-state index contributed by atoms with van der Waals surface area (Å²) in [5.74, 6) is 0.722. The summed E-state index contributed by atoms with van der Waals surface area (Å²) < 4.78 is 0. The molecule has 1 heterocycles. The number of likely N-dealkylation sites (N-methyl/N-ethyl adjacent to an activating group) is 1. The number of nitrogens with zero attached hydrogens (tertiary/aromatic N) is 3. The number of halogens is 1. The lowest BCUT2D eigenvalue weighted by molar-refractivity contribution is 0.859. The van der Waals surface area contributed by atoms with E-state index in [2.05, 4.69) is 23.2 Å². The van der Waals surface area contributed by atoms with E-state index in [0.717, 1.165) is 18.8 Å². The van der Waals surface area contributed by atoms with Gasteiger partial charge in [-0.25, -0.2) is 4.98 Å². The van der Waals surface area contributed by atoms with Gasteiger partial charge in [-0.1, -0.05) is 41.9 Å². The fourth-order valence-corrected chi connectivity index (χ4v) is 2.00. The number of nitriles is 1. The third-order valence-electron chi connectivity index (χ3n) is 2.88. The molecule has 0 spiro atoms. The van der Waals surface area contributed by atoms with E-state index in [-0.39, 0.29) is 0 Å². The highest BCUT2D eigenvalue weighted by molar-refractivity contribution is 6.29. The second-order valence-electron chi connectivity index (χ2n) is 4.31. The number of pyridine rings is 1. The van der Waals surface area contributed by atoms with Gasteiger partial charge in [0.15, 0.2) is 0 Å². The lowest BCUT2D eigenvalue weighted by atomic mass is 10.1. The van der Waals surface area contributed by atoms with Crippen molar-refractivity contribution in [2.24, 2.45) is 0 Å². The SMILES string of the molecule is CN(CCc1ccccc1)c1cc(C#N)cc(Cl)n1. The molecule has 3 nitrogen and oxygen atoms in total. The van der Waals surface area contributed by atoms with Gasteiger partial charge in [0.2, 0.25) is 0 Å². The zero-order chi connectivity index (χ0) is 13.7. The van der Waals surface area contributed by atoms with Crippen LogP contribution in [-0.2, 0) is 6.42 Å². The largest absolute Gasteiger partial charge is 0.359 e. The molecule has 0 radical (unpaired) electrons. The average Bonchev–Trinajstić information content (AvgIpc) is 2.45. The second kappa shape index (κ2) is 6.21. The first-order chi connectivity index (χ1) is 9.19. The van der Waals surface area contributed by atoms with Crippen molar-refractivity contribution in [3.8, 4) is 6.07 Å². The zero-order valence-electron chi connectivity index (χ0n) is 10.7. The molecule has 0 aliphatic carbocycles. The normalized spacial score (nSPS) is 9.95. The molecule has 0 saturated heterocycles. The van der Waals surface area contributed by atoms with E-state index in [1.807, 2.05) is 30.1 Å². The van der Waals surface area contributed by atoms with Crippen LogP contribution in [0.5, 0.6) is 0 Å². The molecule has 0 unspecified atom stereocenters. The molecule has 0 amide bonds. The molecule has 0 fully saturated rings. The average molecular weight is 272 g/mol. The smallest absolute Gasteiger partial charge is 0.132 e. The van der Waals surface area contributed by atoms with Crippen LogP contribution in [0, 0.1) is 11.3 Å². The predicted molar refractivity (Wildman–Crippen MR) is 77.4 cm³/mol. The van der Waals surface area contributed by atoms with Crippen molar-refractivity contribution in [2.75, 3.05) is 18.5 Å². The molecule has 0 aliphatic rings. The van der Waals surface area contributed by atoms with Crippen LogP contribution in [0.1, 0.15) is 11.1 Å². The first kappa shape index (κ1) is 13.4. The van der Waals surface area contributed by atoms with Gasteiger partial charge in [0.1, 0.15) is 11.0 Å². The molecule has 0 bridgehead atoms. The van der Waals surface area contributed by atoms with E-state index in [0.29, 0.717) is 10.7 Å². The van der Waals surface area contributed by atoms with Gasteiger partial charge < -0.3 is 4.90 Å². The summed E-state index contributed by atoms with van der Waals surface area (Å²) in [4.78, 5) is 6.23. The Labute approximate surface area is 118 Å². The molecule has 19 heavy (non-hydrogen) atoms. The maximum Gasteiger partial charge on any atom is 0.132 e. The molecular formula is C15H14ClN3. The summed E-state index contributed by atoms with van der Waals surface area (Å²) >= 11 is 5.90. The first-order valence-corrected chi connectivity index (χ1v) is 6.39. The first-order valence-electron chi connectivity index (χ1n) is 6.02. The number of hydrogen-bond donors (Lipinski definition) is 0. The predicted octanol–water partition coefficient (Wildman–Crippen LogP) is 3.29. The van der Waals surface area contributed by atoms with Crippen LogP contribution in [0.4, 0.5) is 5.82 Å². The Hall–Kier alpha value is -2.05. The zero-order valence-corrected chi connectivity index (χ0v) is 11.4. The Kier molecular flexibility index (Phi) is 4.38. The molecule has 0 atom stereocenters. The summed E-state index contributed by atoms with van der Waals surface area (Å²) in [5.41, 5.74) is 1.80. The highest BCUT2D eigenvalue weighted by Crippen LogP contribution is 2.17. The quantitative estimate of drug-likeness (QED) is 0.801. The Balaban J connectivity index is 2.06. The molecule has 0 N–H and O–H groups in total. The van der Waals surface area contributed by atoms with Crippen LogP contribution in [-0.4, -0.2) is 18.6 Å². The van der Waals surface area contributed by atoms with Gasteiger partial charge in [0.25, 0.3) is 0 Å². The minimum atomic E-state index is 0.348. The standard InChI is InChI=1S/C15H14ClN3/c1-19(8-7-12-5-3-2-4-6-12)15-10-13(11-17)9-14(16)18-15/h2-6,9-10H,7-8H2,1H3. The molecule has 2 rings (SSSR count). The topological polar surface area (TPSA) is 39.9 Å². The molecule has 1 aromatic carbocycles. The maximum absolute atomic E-state index is 8.92. The van der Waals surface area contributed by atoms with E-state index < -0.39 is 0 Å². The van der Waals surface area contributed by atoms with Crippen molar-refractivity contribution in [3.63, 3.8) is 0 Å². The highest BCUT2D eigenvalue weighted by atomic mass is 35.5. The molecule has 0 aliphatic heterocycles. The van der Waals surface area contributed by atoms with Crippen molar-refractivity contribution in [3.05, 3.63) is 58.7 Å². The fourth-order valence-electron chi connectivity index (χ4n) is 1.80. The Bertz CT molecular complexity index is 590. The van der Waals surface area contributed by atoms with Crippen LogP contribution < -0.4 is 4.90 Å². The van der Waals surface area contributed by atoms with Crippen molar-refractivity contribution >= 4 is 17.4 Å². The third-order valence-corrected chi connectivity index (χ3v) is 3.07. The maximum atomic E-state index is 8.92. The molecule has 1 aromatic heterocycles. The molecule has 96 valence electrons. The van der Waals surface area contributed by atoms with Crippen LogP contribution in [0.25, 0.3) is 0 Å². The second-order valence-corrected chi connectivity index (χ2v) is 4.69.